The Labute approximate surface area is 194 Å². The van der Waals surface area contributed by atoms with Gasteiger partial charge in [-0.15, -0.1) is 11.8 Å². The summed E-state index contributed by atoms with van der Waals surface area (Å²) in [7, 11) is 0. The number of nitrogens with zero attached hydrogens (tertiary/aromatic N) is 2. The van der Waals surface area contributed by atoms with Crippen molar-refractivity contribution in [1.82, 2.24) is 15.2 Å². The Morgan fingerprint density at radius 2 is 2.00 bits per heavy atom. The Balaban J connectivity index is 1.60. The fourth-order valence-corrected chi connectivity index (χ4v) is 4.30. The van der Waals surface area contributed by atoms with Crippen LogP contribution in [0, 0.1) is 0 Å². The summed E-state index contributed by atoms with van der Waals surface area (Å²) in [6.45, 7) is 2.21. The number of anilines is 1. The molecule has 1 saturated heterocycles. The monoisotopic (exact) mass is 472 g/mol. The number of hydrogen-bond donors (Lipinski definition) is 3. The maximum atomic E-state index is 12.7. The average molecular weight is 473 g/mol. The highest BCUT2D eigenvalue weighted by atomic mass is 32.2. The van der Waals surface area contributed by atoms with Crippen LogP contribution in [0.4, 0.5) is 10.5 Å². The number of hydrogen-bond acceptors (Lipinski definition) is 7. The molecule has 1 aromatic heterocycles. The number of aliphatic carboxylic acids is 1. The van der Waals surface area contributed by atoms with Gasteiger partial charge in [0.2, 0.25) is 0 Å². The number of amides is 3. The third-order valence-electron chi connectivity index (χ3n) is 4.81. The highest BCUT2D eigenvalue weighted by Gasteiger charge is 2.37. The van der Waals surface area contributed by atoms with Crippen LogP contribution in [-0.2, 0) is 20.7 Å². The van der Waals surface area contributed by atoms with E-state index < -0.39 is 29.4 Å². The van der Waals surface area contributed by atoms with E-state index in [2.05, 4.69) is 15.6 Å². The molecular formula is C22H24N4O6S. The van der Waals surface area contributed by atoms with Gasteiger partial charge in [0.15, 0.2) is 5.37 Å². The predicted octanol–water partition coefficient (Wildman–Crippen LogP) is 1.98. The molecule has 2 atom stereocenters. The Morgan fingerprint density at radius 3 is 2.64 bits per heavy atom. The number of pyridine rings is 1. The molecule has 2 aromatic rings. The van der Waals surface area contributed by atoms with E-state index in [0.717, 1.165) is 0 Å². The molecule has 0 aliphatic carbocycles. The van der Waals surface area contributed by atoms with Gasteiger partial charge in [-0.3, -0.25) is 19.5 Å². The zero-order chi connectivity index (χ0) is 23.8. The quantitative estimate of drug-likeness (QED) is 0.530. The molecule has 1 unspecified atom stereocenters. The van der Waals surface area contributed by atoms with Crippen LogP contribution in [0.3, 0.4) is 0 Å². The topological polar surface area (TPSA) is 138 Å². The predicted molar refractivity (Wildman–Crippen MR) is 122 cm³/mol. The van der Waals surface area contributed by atoms with Crippen molar-refractivity contribution in [3.8, 4) is 0 Å². The standard InChI is InChI=1S/C22H24N4O6S/c1-2-32-22(31)26-10-11-33-20(26)19(28)25-17(21(29)30)12-14-5-7-16(8-6-14)24-18(27)15-4-3-9-23-13-15/h3-9,13,17,20H,2,10-12H2,1H3,(H,24,27)(H,25,28)(H,29,30)/t17-,20?/m0/s1. The maximum absolute atomic E-state index is 12.7. The maximum Gasteiger partial charge on any atom is 0.411 e. The Morgan fingerprint density at radius 1 is 1.24 bits per heavy atom. The summed E-state index contributed by atoms with van der Waals surface area (Å²) in [4.78, 5) is 53.9. The lowest BCUT2D eigenvalue weighted by Gasteiger charge is -2.24. The molecule has 1 aliphatic rings. The van der Waals surface area contributed by atoms with Crippen LogP contribution in [0.15, 0.2) is 48.8 Å². The lowest BCUT2D eigenvalue weighted by Crippen LogP contribution is -2.50. The number of carbonyl (C=O) groups excluding carboxylic acids is 3. The van der Waals surface area contributed by atoms with E-state index in [1.54, 1.807) is 49.5 Å². The first-order valence-corrected chi connectivity index (χ1v) is 11.3. The molecular weight excluding hydrogens is 448 g/mol. The first-order valence-electron chi connectivity index (χ1n) is 10.3. The molecule has 2 heterocycles. The van der Waals surface area contributed by atoms with Crippen LogP contribution in [0.25, 0.3) is 0 Å². The smallest absolute Gasteiger partial charge is 0.411 e. The Hall–Kier alpha value is -3.60. The van der Waals surface area contributed by atoms with Gasteiger partial charge in [0, 0.05) is 36.8 Å². The van der Waals surface area contributed by atoms with Crippen LogP contribution in [-0.4, -0.2) is 69.2 Å². The molecule has 0 radical (unpaired) electrons. The van der Waals surface area contributed by atoms with Gasteiger partial charge in [-0.05, 0) is 36.8 Å². The highest BCUT2D eigenvalue weighted by molar-refractivity contribution is 8.00. The lowest BCUT2D eigenvalue weighted by molar-refractivity contribution is -0.142. The molecule has 0 bridgehead atoms. The largest absolute Gasteiger partial charge is 0.480 e. The third-order valence-corrected chi connectivity index (χ3v) is 6.01. The van der Waals surface area contributed by atoms with Crippen molar-refractivity contribution in [3.05, 3.63) is 59.9 Å². The van der Waals surface area contributed by atoms with E-state index in [1.807, 2.05) is 0 Å². The van der Waals surface area contributed by atoms with Crippen molar-refractivity contribution in [2.75, 3.05) is 24.2 Å². The summed E-state index contributed by atoms with van der Waals surface area (Å²) in [5.41, 5.74) is 1.61. The molecule has 1 fully saturated rings. The molecule has 1 aliphatic heterocycles. The van der Waals surface area contributed by atoms with Crippen molar-refractivity contribution in [2.45, 2.75) is 24.8 Å². The molecule has 0 saturated carbocycles. The van der Waals surface area contributed by atoms with Gasteiger partial charge in [0.1, 0.15) is 6.04 Å². The van der Waals surface area contributed by atoms with Crippen molar-refractivity contribution >= 4 is 41.3 Å². The van der Waals surface area contributed by atoms with Gasteiger partial charge >= 0.3 is 12.1 Å². The fourth-order valence-electron chi connectivity index (χ4n) is 3.18. The molecule has 11 heteroatoms. The number of rotatable bonds is 8. The molecule has 1 aromatic carbocycles. The summed E-state index contributed by atoms with van der Waals surface area (Å²) in [5, 5.41) is 14.0. The zero-order valence-corrected chi connectivity index (χ0v) is 18.7. The van der Waals surface area contributed by atoms with E-state index in [4.69, 9.17) is 4.74 Å². The van der Waals surface area contributed by atoms with Crippen LogP contribution in [0.1, 0.15) is 22.8 Å². The van der Waals surface area contributed by atoms with Crippen molar-refractivity contribution in [3.63, 3.8) is 0 Å². The van der Waals surface area contributed by atoms with Crippen LogP contribution in [0.2, 0.25) is 0 Å². The van der Waals surface area contributed by atoms with Gasteiger partial charge in [0.25, 0.3) is 11.8 Å². The van der Waals surface area contributed by atoms with Gasteiger partial charge < -0.3 is 20.5 Å². The zero-order valence-electron chi connectivity index (χ0n) is 17.9. The molecule has 3 N–H and O–H groups in total. The summed E-state index contributed by atoms with van der Waals surface area (Å²) in [6.07, 6.45) is 2.46. The van der Waals surface area contributed by atoms with Gasteiger partial charge in [-0.25, -0.2) is 9.59 Å². The van der Waals surface area contributed by atoms with E-state index in [1.165, 1.54) is 22.9 Å². The van der Waals surface area contributed by atoms with Crippen molar-refractivity contribution in [2.24, 2.45) is 0 Å². The minimum atomic E-state index is -1.19. The average Bonchev–Trinajstić information content (AvgIpc) is 3.31. The number of thioether (sulfide) groups is 1. The molecule has 0 spiro atoms. The Kier molecular flexibility index (Phi) is 8.25. The fraction of sp³-hybridized carbons (Fsp3) is 0.318. The van der Waals surface area contributed by atoms with E-state index in [9.17, 15) is 24.3 Å². The van der Waals surface area contributed by atoms with Crippen molar-refractivity contribution < 1.29 is 29.0 Å². The number of aromatic nitrogens is 1. The molecule has 3 amide bonds. The van der Waals surface area contributed by atoms with Crippen LogP contribution in [0.5, 0.6) is 0 Å². The molecule has 174 valence electrons. The van der Waals surface area contributed by atoms with E-state index >= 15 is 0 Å². The van der Waals surface area contributed by atoms with Gasteiger partial charge in [0.05, 0.1) is 12.2 Å². The highest BCUT2D eigenvalue weighted by Crippen LogP contribution is 2.25. The second-order valence-electron chi connectivity index (χ2n) is 7.11. The second kappa shape index (κ2) is 11.3. The summed E-state index contributed by atoms with van der Waals surface area (Å²) >= 11 is 1.25. The summed E-state index contributed by atoms with van der Waals surface area (Å²) in [5.74, 6) is -1.51. The summed E-state index contributed by atoms with van der Waals surface area (Å²) in [6, 6.07) is 8.78. The Bertz CT molecular complexity index is 1000. The van der Waals surface area contributed by atoms with Crippen LogP contribution < -0.4 is 10.6 Å². The summed E-state index contributed by atoms with van der Waals surface area (Å²) < 4.78 is 4.97. The second-order valence-corrected chi connectivity index (χ2v) is 8.30. The number of benzene rings is 1. The number of carbonyl (C=O) groups is 4. The minimum Gasteiger partial charge on any atom is -0.480 e. The van der Waals surface area contributed by atoms with Crippen molar-refractivity contribution in [1.29, 1.82) is 0 Å². The van der Waals surface area contributed by atoms with Gasteiger partial charge in [-0.2, -0.15) is 0 Å². The number of carboxylic acids is 1. The minimum absolute atomic E-state index is 0.0364. The first-order chi connectivity index (χ1) is 15.9. The van der Waals surface area contributed by atoms with Gasteiger partial charge in [-0.1, -0.05) is 12.1 Å². The molecule has 3 rings (SSSR count). The number of nitrogens with one attached hydrogen (secondary N) is 2. The van der Waals surface area contributed by atoms with Crippen LogP contribution >= 0.6 is 11.8 Å². The molecule has 10 nitrogen and oxygen atoms in total. The molecule has 33 heavy (non-hydrogen) atoms. The van der Waals surface area contributed by atoms with E-state index in [0.29, 0.717) is 29.1 Å². The third kappa shape index (κ3) is 6.45. The SMILES string of the molecule is CCOC(=O)N1CCSC1C(=O)N[C@@H](Cc1ccc(NC(=O)c2cccnc2)cc1)C(=O)O. The normalized spacial score (nSPS) is 16.0. The number of carboxylic acid groups (broad SMARTS) is 1. The van der Waals surface area contributed by atoms with E-state index in [-0.39, 0.29) is 18.9 Å². The number of ether oxygens (including phenoxy) is 1. The first kappa shape index (κ1) is 24.1. The lowest BCUT2D eigenvalue weighted by atomic mass is 10.1.